The average Bonchev–Trinajstić information content (AvgIpc) is 2.58. The van der Waals surface area contributed by atoms with Gasteiger partial charge >= 0.3 is 0 Å². The van der Waals surface area contributed by atoms with Crippen LogP contribution in [-0.4, -0.2) is 0 Å². The molecule has 0 saturated heterocycles. The lowest BCUT2D eigenvalue weighted by Crippen LogP contribution is -2.10. The quantitative estimate of drug-likeness (QED) is 0.482. The predicted molar refractivity (Wildman–Crippen MR) is 118 cm³/mol. The zero-order valence-corrected chi connectivity index (χ0v) is 17.5. The van der Waals surface area contributed by atoms with Gasteiger partial charge in [0.05, 0.1) is 0 Å². The number of hydrogen-bond donors (Lipinski definition) is 0. The molecule has 0 nitrogen and oxygen atoms in total. The molecule has 26 heavy (non-hydrogen) atoms. The van der Waals surface area contributed by atoms with E-state index in [4.69, 9.17) is 0 Å². The molecule has 0 atom stereocenters. The van der Waals surface area contributed by atoms with Gasteiger partial charge in [0, 0.05) is 0 Å². The molecule has 0 saturated carbocycles. The zero-order valence-electron chi connectivity index (χ0n) is 17.5. The lowest BCUT2D eigenvalue weighted by molar-refractivity contribution is 0.590. The van der Waals surface area contributed by atoms with Gasteiger partial charge in [0.2, 0.25) is 0 Å². The first-order valence-electron chi connectivity index (χ1n) is 9.77. The Hall–Kier alpha value is -2.08. The van der Waals surface area contributed by atoms with E-state index >= 15 is 0 Å². The third-order valence-electron chi connectivity index (χ3n) is 4.85. The molecule has 0 bridgehead atoms. The van der Waals surface area contributed by atoms with E-state index in [1.807, 2.05) is 0 Å². The molecule has 2 rings (SSSR count). The van der Waals surface area contributed by atoms with Crippen molar-refractivity contribution in [1.82, 2.24) is 0 Å². The van der Waals surface area contributed by atoms with Gasteiger partial charge in [-0.25, -0.2) is 0 Å². The minimum Gasteiger partial charge on any atom is -0.0617 e. The van der Waals surface area contributed by atoms with E-state index in [9.17, 15) is 0 Å². The summed E-state index contributed by atoms with van der Waals surface area (Å²) in [6.07, 6.45) is 8.67. The fourth-order valence-electron chi connectivity index (χ4n) is 3.02. The normalized spacial score (nSPS) is 12.8. The zero-order chi connectivity index (χ0) is 19.3. The molecule has 0 fully saturated rings. The molecule has 138 valence electrons. The highest BCUT2D eigenvalue weighted by Crippen LogP contribution is 2.26. The van der Waals surface area contributed by atoms with Gasteiger partial charge in [-0.15, -0.1) is 0 Å². The van der Waals surface area contributed by atoms with Crippen molar-refractivity contribution in [2.45, 2.75) is 65.7 Å². The van der Waals surface area contributed by atoms with Crippen molar-refractivity contribution in [2.75, 3.05) is 0 Å². The van der Waals surface area contributed by atoms with Crippen LogP contribution in [0, 0.1) is 0 Å². The molecule has 0 aliphatic heterocycles. The molecule has 2 aromatic carbocycles. The molecule has 0 N–H and O–H groups in total. The van der Waals surface area contributed by atoms with Crippen molar-refractivity contribution in [2.24, 2.45) is 0 Å². The van der Waals surface area contributed by atoms with Crippen LogP contribution < -0.4 is 0 Å². The van der Waals surface area contributed by atoms with Crippen LogP contribution in [0.3, 0.4) is 0 Å². The van der Waals surface area contributed by atoms with Gasteiger partial charge < -0.3 is 0 Å². The molecule has 0 aliphatic rings. The summed E-state index contributed by atoms with van der Waals surface area (Å²) in [5.41, 5.74) is 6.98. The first-order chi connectivity index (χ1) is 12.2. The van der Waals surface area contributed by atoms with Gasteiger partial charge in [0.25, 0.3) is 0 Å². The summed E-state index contributed by atoms with van der Waals surface area (Å²) in [4.78, 5) is 0. The fraction of sp³-hybridized carbons (Fsp3) is 0.385. The Morgan fingerprint density at radius 2 is 1.35 bits per heavy atom. The van der Waals surface area contributed by atoms with E-state index < -0.39 is 0 Å². The highest BCUT2D eigenvalue weighted by atomic mass is 14.2. The lowest BCUT2D eigenvalue weighted by Gasteiger charge is -2.18. The third kappa shape index (κ3) is 5.46. The molecule has 2 aromatic rings. The monoisotopic (exact) mass is 346 g/mol. The number of allylic oxidation sites excluding steroid dienone is 2. The standard InChI is InChI=1S/C26H34/c1-19(2)23-15-14-22(25(18-23)20(3)4)11-9-8-10-21-12-16-24(17-13-21)26(5,6)7/h8-20H,1-7H3. The van der Waals surface area contributed by atoms with Crippen molar-refractivity contribution < 1.29 is 0 Å². The van der Waals surface area contributed by atoms with Crippen LogP contribution in [0.2, 0.25) is 0 Å². The Morgan fingerprint density at radius 3 is 1.88 bits per heavy atom. The van der Waals surface area contributed by atoms with E-state index in [1.165, 1.54) is 27.8 Å². The fourth-order valence-corrected chi connectivity index (χ4v) is 3.02. The Kier molecular flexibility index (Phi) is 6.64. The summed E-state index contributed by atoms with van der Waals surface area (Å²) < 4.78 is 0. The van der Waals surface area contributed by atoms with E-state index in [1.54, 1.807) is 0 Å². The summed E-state index contributed by atoms with van der Waals surface area (Å²) in [7, 11) is 0. The molecule has 0 amide bonds. The van der Waals surface area contributed by atoms with Crippen LogP contribution in [0.5, 0.6) is 0 Å². The SMILES string of the molecule is CC(C)c1ccc(C=CC=Cc2ccc(C(C)(C)C)cc2)c(C(C)C)c1. The van der Waals surface area contributed by atoms with E-state index in [0.717, 1.165) is 0 Å². The molecule has 0 heteroatoms. The molecule has 0 aliphatic carbocycles. The molecule has 0 unspecified atom stereocenters. The van der Waals surface area contributed by atoms with Crippen molar-refractivity contribution in [3.8, 4) is 0 Å². The van der Waals surface area contributed by atoms with Crippen LogP contribution in [0.25, 0.3) is 12.2 Å². The van der Waals surface area contributed by atoms with Crippen LogP contribution in [0.4, 0.5) is 0 Å². The minimum absolute atomic E-state index is 0.206. The van der Waals surface area contributed by atoms with Gasteiger partial charge in [0.1, 0.15) is 0 Å². The highest BCUT2D eigenvalue weighted by Gasteiger charge is 2.12. The Balaban J connectivity index is 2.14. The molecular weight excluding hydrogens is 312 g/mol. The molecule has 0 aromatic heterocycles. The van der Waals surface area contributed by atoms with Gasteiger partial charge in [0.15, 0.2) is 0 Å². The summed E-state index contributed by atoms with van der Waals surface area (Å²) in [6.45, 7) is 15.8. The molecule has 0 heterocycles. The van der Waals surface area contributed by atoms with Crippen LogP contribution in [0.15, 0.2) is 54.6 Å². The van der Waals surface area contributed by atoms with Crippen LogP contribution in [0.1, 0.15) is 88.1 Å². The van der Waals surface area contributed by atoms with Gasteiger partial charge in [-0.05, 0) is 45.1 Å². The first kappa shape index (κ1) is 20.2. The van der Waals surface area contributed by atoms with Crippen LogP contribution >= 0.6 is 0 Å². The maximum atomic E-state index is 2.37. The van der Waals surface area contributed by atoms with Gasteiger partial charge in [-0.2, -0.15) is 0 Å². The highest BCUT2D eigenvalue weighted by molar-refractivity contribution is 5.60. The summed E-state index contributed by atoms with van der Waals surface area (Å²) in [5.74, 6) is 1.10. The maximum Gasteiger partial charge on any atom is -0.0132 e. The van der Waals surface area contributed by atoms with Crippen LogP contribution in [-0.2, 0) is 5.41 Å². The van der Waals surface area contributed by atoms with E-state index in [-0.39, 0.29) is 5.41 Å². The van der Waals surface area contributed by atoms with Crippen molar-refractivity contribution in [3.63, 3.8) is 0 Å². The second-order valence-corrected chi connectivity index (χ2v) is 8.79. The summed E-state index contributed by atoms with van der Waals surface area (Å²) >= 11 is 0. The molecule has 0 radical (unpaired) electrons. The van der Waals surface area contributed by atoms with Crippen molar-refractivity contribution in [1.29, 1.82) is 0 Å². The van der Waals surface area contributed by atoms with Gasteiger partial charge in [-0.1, -0.05) is 115 Å². The molecular formula is C26H34. The number of rotatable bonds is 5. The number of hydrogen-bond acceptors (Lipinski definition) is 0. The first-order valence-corrected chi connectivity index (χ1v) is 9.77. The largest absolute Gasteiger partial charge is 0.0617 e. The Labute approximate surface area is 160 Å². The topological polar surface area (TPSA) is 0 Å². The summed E-state index contributed by atoms with van der Waals surface area (Å²) in [6, 6.07) is 15.7. The second kappa shape index (κ2) is 8.54. The Bertz CT molecular complexity index is 763. The second-order valence-electron chi connectivity index (χ2n) is 8.79. The number of benzene rings is 2. The maximum absolute atomic E-state index is 2.37. The third-order valence-corrected chi connectivity index (χ3v) is 4.85. The van der Waals surface area contributed by atoms with E-state index in [0.29, 0.717) is 11.8 Å². The Morgan fingerprint density at radius 1 is 0.731 bits per heavy atom. The van der Waals surface area contributed by atoms with Crippen molar-refractivity contribution >= 4 is 12.2 Å². The van der Waals surface area contributed by atoms with E-state index in [2.05, 4.69) is 115 Å². The predicted octanol–water partition coefficient (Wildman–Crippen LogP) is 7.96. The minimum atomic E-state index is 0.206. The summed E-state index contributed by atoms with van der Waals surface area (Å²) in [5, 5.41) is 0. The van der Waals surface area contributed by atoms with Gasteiger partial charge in [-0.3, -0.25) is 0 Å². The lowest BCUT2D eigenvalue weighted by atomic mass is 9.87. The average molecular weight is 347 g/mol. The smallest absolute Gasteiger partial charge is 0.0132 e. The van der Waals surface area contributed by atoms with Crippen molar-refractivity contribution in [3.05, 3.63) is 82.4 Å². The molecule has 0 spiro atoms.